The number of nitrogens with zero attached hydrogens (tertiary/aromatic N) is 1. The standard InChI is InChI=1S/C16H17NO3/c1-3-20-16(19)17-14(5-4-10-18)8-7-13-11-12(2)6-9-15(13)17/h6-9,11,14,18H,3,10H2,1-2H3. The molecule has 0 fully saturated rings. The lowest BCUT2D eigenvalue weighted by molar-refractivity contribution is 0.159. The maximum atomic E-state index is 12.2. The summed E-state index contributed by atoms with van der Waals surface area (Å²) in [7, 11) is 0. The van der Waals surface area contributed by atoms with Crippen molar-refractivity contribution in [3.63, 3.8) is 0 Å². The summed E-state index contributed by atoms with van der Waals surface area (Å²) in [6, 6.07) is 5.42. The normalized spacial score (nSPS) is 16.1. The van der Waals surface area contributed by atoms with E-state index in [-0.39, 0.29) is 6.61 Å². The van der Waals surface area contributed by atoms with E-state index in [1.807, 2.05) is 37.3 Å². The second-order valence-corrected chi connectivity index (χ2v) is 4.41. The third-order valence-electron chi connectivity index (χ3n) is 2.97. The summed E-state index contributed by atoms with van der Waals surface area (Å²) in [5.41, 5.74) is 2.85. The molecular formula is C16H17NO3. The summed E-state index contributed by atoms with van der Waals surface area (Å²) < 4.78 is 5.10. The number of benzene rings is 1. The second kappa shape index (κ2) is 6.27. The number of aliphatic hydroxyl groups excluding tert-OH is 1. The summed E-state index contributed by atoms with van der Waals surface area (Å²) in [5.74, 6) is 5.45. The number of rotatable bonds is 1. The van der Waals surface area contributed by atoms with Crippen molar-refractivity contribution in [1.82, 2.24) is 0 Å². The minimum atomic E-state index is -0.431. The Kier molecular flexibility index (Phi) is 4.44. The summed E-state index contributed by atoms with van der Waals surface area (Å²) >= 11 is 0. The highest BCUT2D eigenvalue weighted by Crippen LogP contribution is 2.30. The molecule has 1 aromatic rings. The molecule has 0 saturated carbocycles. The van der Waals surface area contributed by atoms with E-state index in [2.05, 4.69) is 11.8 Å². The second-order valence-electron chi connectivity index (χ2n) is 4.41. The molecule has 0 saturated heterocycles. The highest BCUT2D eigenvalue weighted by molar-refractivity contribution is 5.94. The van der Waals surface area contributed by atoms with Gasteiger partial charge in [0.25, 0.3) is 0 Å². The predicted molar refractivity (Wildman–Crippen MR) is 78.4 cm³/mol. The molecule has 4 nitrogen and oxygen atoms in total. The van der Waals surface area contributed by atoms with Crippen molar-refractivity contribution < 1.29 is 14.6 Å². The van der Waals surface area contributed by atoms with E-state index in [0.717, 1.165) is 16.8 Å². The van der Waals surface area contributed by atoms with Gasteiger partial charge in [-0.3, -0.25) is 4.90 Å². The third-order valence-corrected chi connectivity index (χ3v) is 2.97. The minimum Gasteiger partial charge on any atom is -0.449 e. The molecular weight excluding hydrogens is 254 g/mol. The van der Waals surface area contributed by atoms with Gasteiger partial charge in [-0.2, -0.15) is 0 Å². The number of aryl methyl sites for hydroxylation is 1. The number of anilines is 1. The number of fused-ring (bicyclic) bond motifs is 1. The Balaban J connectivity index is 2.44. The minimum absolute atomic E-state index is 0.234. The fourth-order valence-electron chi connectivity index (χ4n) is 2.13. The van der Waals surface area contributed by atoms with Crippen LogP contribution in [0.3, 0.4) is 0 Å². The van der Waals surface area contributed by atoms with E-state index in [4.69, 9.17) is 9.84 Å². The van der Waals surface area contributed by atoms with Gasteiger partial charge in [-0.1, -0.05) is 29.5 Å². The molecule has 0 bridgehead atoms. The molecule has 20 heavy (non-hydrogen) atoms. The van der Waals surface area contributed by atoms with Gasteiger partial charge in [0.05, 0.1) is 12.3 Å². The fraction of sp³-hybridized carbons (Fsp3) is 0.312. The van der Waals surface area contributed by atoms with Crippen molar-refractivity contribution in [2.45, 2.75) is 19.9 Å². The summed E-state index contributed by atoms with van der Waals surface area (Å²) in [4.78, 5) is 13.7. The molecule has 104 valence electrons. The largest absolute Gasteiger partial charge is 0.449 e. The van der Waals surface area contributed by atoms with Gasteiger partial charge < -0.3 is 9.84 Å². The Bertz CT molecular complexity index is 595. The zero-order valence-corrected chi connectivity index (χ0v) is 11.6. The molecule has 1 aliphatic rings. The lowest BCUT2D eigenvalue weighted by Crippen LogP contribution is -2.41. The molecule has 0 aromatic heterocycles. The van der Waals surface area contributed by atoms with Crippen LogP contribution in [-0.2, 0) is 4.74 Å². The number of carbonyl (C=O) groups excluding carboxylic acids is 1. The van der Waals surface area contributed by atoms with Gasteiger partial charge in [0.1, 0.15) is 12.6 Å². The van der Waals surface area contributed by atoms with Crippen molar-refractivity contribution in [3.05, 3.63) is 35.4 Å². The molecule has 4 heteroatoms. The number of ether oxygens (including phenoxy) is 1. The van der Waals surface area contributed by atoms with Gasteiger partial charge in [0.15, 0.2) is 0 Å². The van der Waals surface area contributed by atoms with Gasteiger partial charge in [-0.15, -0.1) is 0 Å². The van der Waals surface area contributed by atoms with Crippen LogP contribution in [0.2, 0.25) is 0 Å². The zero-order valence-electron chi connectivity index (χ0n) is 11.6. The fourth-order valence-corrected chi connectivity index (χ4v) is 2.13. The predicted octanol–water partition coefficient (Wildman–Crippen LogP) is 2.35. The highest BCUT2D eigenvalue weighted by Gasteiger charge is 2.28. The van der Waals surface area contributed by atoms with Gasteiger partial charge in [-0.25, -0.2) is 4.79 Å². The molecule has 1 heterocycles. The zero-order chi connectivity index (χ0) is 14.5. The Morgan fingerprint density at radius 2 is 2.30 bits per heavy atom. The highest BCUT2D eigenvalue weighted by atomic mass is 16.6. The van der Waals surface area contributed by atoms with E-state index in [9.17, 15) is 4.79 Å². The monoisotopic (exact) mass is 271 g/mol. The Morgan fingerprint density at radius 3 is 3.00 bits per heavy atom. The molecule has 1 N–H and O–H groups in total. The number of aliphatic hydroxyl groups is 1. The first-order chi connectivity index (χ1) is 9.67. The van der Waals surface area contributed by atoms with Crippen LogP contribution in [-0.4, -0.2) is 30.5 Å². The lowest BCUT2D eigenvalue weighted by Gasteiger charge is -2.30. The maximum absolute atomic E-state index is 12.2. The van der Waals surface area contributed by atoms with Crippen molar-refractivity contribution in [1.29, 1.82) is 0 Å². The molecule has 1 amide bonds. The smallest absolute Gasteiger partial charge is 0.415 e. The van der Waals surface area contributed by atoms with Crippen molar-refractivity contribution in [2.24, 2.45) is 0 Å². The van der Waals surface area contributed by atoms with Crippen LogP contribution in [0.4, 0.5) is 10.5 Å². The molecule has 0 radical (unpaired) electrons. The Labute approximate surface area is 118 Å². The van der Waals surface area contributed by atoms with Crippen molar-refractivity contribution in [2.75, 3.05) is 18.1 Å². The van der Waals surface area contributed by atoms with Gasteiger partial charge >= 0.3 is 6.09 Å². The molecule has 1 aliphatic heterocycles. The summed E-state index contributed by atoms with van der Waals surface area (Å²) in [6.07, 6.45) is 3.34. The SMILES string of the molecule is CCOC(=O)N1c2ccc(C)cc2C=CC1C#CCO. The van der Waals surface area contributed by atoms with Crippen LogP contribution >= 0.6 is 0 Å². The molecule has 1 atom stereocenters. The van der Waals surface area contributed by atoms with E-state index < -0.39 is 12.1 Å². The third kappa shape index (κ3) is 2.84. The average molecular weight is 271 g/mol. The summed E-state index contributed by atoms with van der Waals surface area (Å²) in [5, 5.41) is 8.82. The van der Waals surface area contributed by atoms with E-state index in [1.165, 1.54) is 4.90 Å². The summed E-state index contributed by atoms with van der Waals surface area (Å²) in [6.45, 7) is 3.84. The van der Waals surface area contributed by atoms with Crippen LogP contribution < -0.4 is 4.90 Å². The van der Waals surface area contributed by atoms with Crippen molar-refractivity contribution in [3.8, 4) is 11.8 Å². The maximum Gasteiger partial charge on any atom is 0.415 e. The van der Waals surface area contributed by atoms with Crippen LogP contribution in [0.25, 0.3) is 6.08 Å². The first-order valence-corrected chi connectivity index (χ1v) is 6.51. The number of carbonyl (C=O) groups is 1. The Hall–Kier alpha value is -2.25. The molecule has 1 aromatic carbocycles. The molecule has 1 unspecified atom stereocenters. The average Bonchev–Trinajstić information content (AvgIpc) is 2.44. The van der Waals surface area contributed by atoms with Crippen molar-refractivity contribution >= 4 is 17.9 Å². The van der Waals surface area contributed by atoms with E-state index >= 15 is 0 Å². The number of amides is 1. The molecule has 0 spiro atoms. The molecule has 0 aliphatic carbocycles. The van der Waals surface area contributed by atoms with Crippen LogP contribution in [0.1, 0.15) is 18.1 Å². The van der Waals surface area contributed by atoms with Crippen LogP contribution in [0.5, 0.6) is 0 Å². The van der Waals surface area contributed by atoms with Gasteiger partial charge in [-0.05, 0) is 37.6 Å². The van der Waals surface area contributed by atoms with E-state index in [1.54, 1.807) is 6.92 Å². The topological polar surface area (TPSA) is 49.8 Å². The lowest BCUT2D eigenvalue weighted by atomic mass is 10.0. The number of hydrogen-bond donors (Lipinski definition) is 1. The van der Waals surface area contributed by atoms with E-state index in [0.29, 0.717) is 6.61 Å². The first kappa shape index (κ1) is 14.2. The Morgan fingerprint density at radius 1 is 1.50 bits per heavy atom. The van der Waals surface area contributed by atoms with Gasteiger partial charge in [0, 0.05) is 0 Å². The van der Waals surface area contributed by atoms with Crippen LogP contribution in [0.15, 0.2) is 24.3 Å². The van der Waals surface area contributed by atoms with Crippen LogP contribution in [0, 0.1) is 18.8 Å². The number of hydrogen-bond acceptors (Lipinski definition) is 3. The first-order valence-electron chi connectivity index (χ1n) is 6.51. The quantitative estimate of drug-likeness (QED) is 0.798. The molecule has 2 rings (SSSR count). The van der Waals surface area contributed by atoms with Gasteiger partial charge in [0.2, 0.25) is 0 Å².